The Bertz CT molecular complexity index is 532. The van der Waals surface area contributed by atoms with Crippen LogP contribution in [0.5, 0.6) is 0 Å². The van der Waals surface area contributed by atoms with Crippen molar-refractivity contribution in [2.45, 2.75) is 101 Å². The number of nitrogens with one attached hydrogen (secondary N) is 3. The summed E-state index contributed by atoms with van der Waals surface area (Å²) in [5.74, 6) is 0.435. The molecule has 0 aliphatic carbocycles. The molecule has 2 saturated heterocycles. The summed E-state index contributed by atoms with van der Waals surface area (Å²) < 4.78 is 0. The molecule has 166 valence electrons. The van der Waals surface area contributed by atoms with E-state index in [1.54, 1.807) is 0 Å². The van der Waals surface area contributed by atoms with Gasteiger partial charge in [0.15, 0.2) is 0 Å². The number of rotatable bonds is 16. The van der Waals surface area contributed by atoms with Crippen molar-refractivity contribution in [3.63, 3.8) is 0 Å². The normalized spacial score (nSPS) is 22.8. The summed E-state index contributed by atoms with van der Waals surface area (Å²) in [4.78, 5) is 33.7. The molecule has 3 atom stereocenters. The third kappa shape index (κ3) is 9.74. The van der Waals surface area contributed by atoms with Gasteiger partial charge in [0.2, 0.25) is 5.91 Å². The van der Waals surface area contributed by atoms with Gasteiger partial charge in [-0.15, -0.1) is 0 Å². The molecule has 0 aromatic carbocycles. The molecule has 0 radical (unpaired) electrons. The highest BCUT2D eigenvalue weighted by Crippen LogP contribution is 2.33. The van der Waals surface area contributed by atoms with Crippen LogP contribution >= 0.6 is 11.8 Å². The van der Waals surface area contributed by atoms with E-state index in [2.05, 4.69) is 16.0 Å². The molecule has 3 amide bonds. The number of carboxylic acids is 1. The number of aliphatic carboxylic acids is 1. The van der Waals surface area contributed by atoms with Gasteiger partial charge in [-0.3, -0.25) is 9.59 Å². The number of urea groups is 1. The van der Waals surface area contributed by atoms with Crippen molar-refractivity contribution < 1.29 is 19.5 Å². The van der Waals surface area contributed by atoms with E-state index in [4.69, 9.17) is 5.11 Å². The van der Waals surface area contributed by atoms with Gasteiger partial charge in [-0.05, 0) is 25.7 Å². The van der Waals surface area contributed by atoms with E-state index in [-0.39, 0.29) is 30.4 Å². The first kappa shape index (κ1) is 23.8. The Morgan fingerprint density at radius 1 is 0.931 bits per heavy atom. The lowest BCUT2D eigenvalue weighted by Crippen LogP contribution is -2.36. The van der Waals surface area contributed by atoms with Gasteiger partial charge in [0.1, 0.15) is 0 Å². The molecular formula is C21H37N3O4S. The lowest BCUT2D eigenvalue weighted by Gasteiger charge is -2.16. The largest absolute Gasteiger partial charge is 0.481 e. The standard InChI is InChI=1S/C21H37N3O4S/c25-18(22-14-10-6-4-2-1-3-5-7-13-19(26)27)12-9-8-11-17-20-16(15-29-17)23-21(28)24-20/h16-17,20H,1-15H2,(H,22,25)(H,26,27)(H2,23,24,28)/t16-,17-,20-/m0/s1. The molecule has 7 nitrogen and oxygen atoms in total. The van der Waals surface area contributed by atoms with Crippen LogP contribution in [0.15, 0.2) is 0 Å². The Morgan fingerprint density at radius 2 is 1.59 bits per heavy atom. The van der Waals surface area contributed by atoms with E-state index in [1.165, 1.54) is 19.3 Å². The number of carbonyl (C=O) groups excluding carboxylic acids is 2. The SMILES string of the molecule is O=C(O)CCCCCCCCCCNC(=O)CCCC[C@@H]1SC[C@@H]2NC(=O)N[C@@H]21. The zero-order valence-corrected chi connectivity index (χ0v) is 18.2. The predicted octanol–water partition coefficient (Wildman–Crippen LogP) is 3.42. The van der Waals surface area contributed by atoms with Crippen LogP contribution in [-0.4, -0.2) is 52.6 Å². The van der Waals surface area contributed by atoms with E-state index < -0.39 is 5.97 Å². The highest BCUT2D eigenvalue weighted by Gasteiger charge is 2.42. The van der Waals surface area contributed by atoms with Crippen LogP contribution in [0.1, 0.15) is 83.5 Å². The number of unbranched alkanes of at least 4 members (excludes halogenated alkanes) is 8. The Hall–Kier alpha value is -1.44. The van der Waals surface area contributed by atoms with Gasteiger partial charge >= 0.3 is 12.0 Å². The molecule has 0 aromatic rings. The summed E-state index contributed by atoms with van der Waals surface area (Å²) in [5, 5.41) is 18.0. The second kappa shape index (κ2) is 13.7. The lowest BCUT2D eigenvalue weighted by atomic mass is 10.0. The molecule has 2 aliphatic heterocycles. The summed E-state index contributed by atoms with van der Waals surface area (Å²) in [7, 11) is 0. The van der Waals surface area contributed by atoms with Gasteiger partial charge in [0.25, 0.3) is 0 Å². The van der Waals surface area contributed by atoms with Gasteiger partial charge in [-0.2, -0.15) is 11.8 Å². The molecule has 0 unspecified atom stereocenters. The van der Waals surface area contributed by atoms with Gasteiger partial charge in [-0.25, -0.2) is 4.79 Å². The summed E-state index contributed by atoms with van der Waals surface area (Å²) in [6.45, 7) is 0.761. The molecule has 2 heterocycles. The van der Waals surface area contributed by atoms with Crippen LogP contribution in [-0.2, 0) is 9.59 Å². The average Bonchev–Trinajstić information content (AvgIpc) is 3.22. The van der Waals surface area contributed by atoms with Gasteiger partial charge in [0.05, 0.1) is 12.1 Å². The predicted molar refractivity (Wildman–Crippen MR) is 116 cm³/mol. The topological polar surface area (TPSA) is 108 Å². The Kier molecular flexibility index (Phi) is 11.3. The second-order valence-corrected chi connectivity index (χ2v) is 9.46. The number of thioether (sulfide) groups is 1. The Balaban J connectivity index is 1.34. The molecule has 0 saturated carbocycles. The Morgan fingerprint density at radius 3 is 2.31 bits per heavy atom. The molecule has 0 bridgehead atoms. The monoisotopic (exact) mass is 427 g/mol. The minimum atomic E-state index is -0.699. The van der Waals surface area contributed by atoms with E-state index in [1.807, 2.05) is 11.8 Å². The smallest absolute Gasteiger partial charge is 0.315 e. The van der Waals surface area contributed by atoms with Crippen molar-refractivity contribution in [3.8, 4) is 0 Å². The molecule has 2 aliphatic rings. The fraction of sp³-hybridized carbons (Fsp3) is 0.857. The number of carbonyl (C=O) groups is 3. The minimum absolute atomic E-state index is 0.0413. The third-order valence-corrected chi connectivity index (χ3v) is 7.23. The average molecular weight is 428 g/mol. The molecular weight excluding hydrogens is 390 g/mol. The third-order valence-electron chi connectivity index (χ3n) is 5.72. The van der Waals surface area contributed by atoms with Crippen molar-refractivity contribution in [2.24, 2.45) is 0 Å². The van der Waals surface area contributed by atoms with Gasteiger partial charge in [0, 0.05) is 30.4 Å². The van der Waals surface area contributed by atoms with Crippen molar-refractivity contribution in [1.29, 1.82) is 0 Å². The number of hydrogen-bond donors (Lipinski definition) is 4. The van der Waals surface area contributed by atoms with Crippen molar-refractivity contribution >= 4 is 29.7 Å². The van der Waals surface area contributed by atoms with Gasteiger partial charge in [-0.1, -0.05) is 44.9 Å². The first-order chi connectivity index (χ1) is 14.1. The maximum atomic E-state index is 11.9. The second-order valence-electron chi connectivity index (χ2n) is 8.19. The molecule has 29 heavy (non-hydrogen) atoms. The first-order valence-electron chi connectivity index (χ1n) is 11.2. The fourth-order valence-electron chi connectivity index (χ4n) is 4.05. The van der Waals surface area contributed by atoms with Crippen LogP contribution in [0.4, 0.5) is 4.79 Å². The quantitative estimate of drug-likeness (QED) is 0.223. The molecule has 0 aromatic heterocycles. The zero-order valence-electron chi connectivity index (χ0n) is 17.4. The fourth-order valence-corrected chi connectivity index (χ4v) is 5.60. The summed E-state index contributed by atoms with van der Waals surface area (Å²) in [6.07, 6.45) is 12.5. The maximum Gasteiger partial charge on any atom is 0.315 e. The lowest BCUT2D eigenvalue weighted by molar-refractivity contribution is -0.137. The van der Waals surface area contributed by atoms with E-state index in [0.717, 1.165) is 63.7 Å². The van der Waals surface area contributed by atoms with Crippen molar-refractivity contribution in [3.05, 3.63) is 0 Å². The molecule has 8 heteroatoms. The van der Waals surface area contributed by atoms with Crippen LogP contribution < -0.4 is 16.0 Å². The molecule has 4 N–H and O–H groups in total. The van der Waals surface area contributed by atoms with Crippen molar-refractivity contribution in [1.82, 2.24) is 16.0 Å². The van der Waals surface area contributed by atoms with E-state index >= 15 is 0 Å². The molecule has 2 fully saturated rings. The Labute approximate surface area is 178 Å². The molecule has 0 spiro atoms. The van der Waals surface area contributed by atoms with E-state index in [9.17, 15) is 14.4 Å². The summed E-state index contributed by atoms with van der Waals surface area (Å²) >= 11 is 1.92. The zero-order chi connectivity index (χ0) is 20.9. The highest BCUT2D eigenvalue weighted by atomic mass is 32.2. The summed E-state index contributed by atoms with van der Waals surface area (Å²) in [6, 6.07) is 0.490. The van der Waals surface area contributed by atoms with Crippen molar-refractivity contribution in [2.75, 3.05) is 12.3 Å². The van der Waals surface area contributed by atoms with Crippen LogP contribution in [0.25, 0.3) is 0 Å². The number of amides is 3. The van der Waals surface area contributed by atoms with Gasteiger partial charge < -0.3 is 21.1 Å². The van der Waals surface area contributed by atoms with Crippen LogP contribution in [0.2, 0.25) is 0 Å². The maximum absolute atomic E-state index is 11.9. The van der Waals surface area contributed by atoms with Crippen LogP contribution in [0, 0.1) is 0 Å². The van der Waals surface area contributed by atoms with E-state index in [0.29, 0.717) is 11.7 Å². The summed E-state index contributed by atoms with van der Waals surface area (Å²) in [5.41, 5.74) is 0. The van der Waals surface area contributed by atoms with Crippen LogP contribution in [0.3, 0.4) is 0 Å². The number of carboxylic acid groups (broad SMARTS) is 1. The highest BCUT2D eigenvalue weighted by molar-refractivity contribution is 8.00. The molecule has 2 rings (SSSR count). The number of hydrogen-bond acceptors (Lipinski definition) is 4. The first-order valence-corrected chi connectivity index (χ1v) is 12.3. The minimum Gasteiger partial charge on any atom is -0.481 e. The number of fused-ring (bicyclic) bond motifs is 1.